The Balaban J connectivity index is 1.48. The van der Waals surface area contributed by atoms with Crippen molar-refractivity contribution < 1.29 is 35.9 Å². The fourth-order valence-electron chi connectivity index (χ4n) is 6.15. The Morgan fingerprint density at radius 1 is 1.14 bits per heavy atom. The van der Waals surface area contributed by atoms with E-state index in [1.54, 1.807) is 25.1 Å². The Bertz CT molecular complexity index is 1410. The van der Waals surface area contributed by atoms with E-state index in [1.807, 2.05) is 0 Å². The van der Waals surface area contributed by atoms with Crippen molar-refractivity contribution in [3.63, 3.8) is 0 Å². The normalized spacial score (nSPS) is 21.8. The van der Waals surface area contributed by atoms with Crippen LogP contribution in [0.5, 0.6) is 0 Å². The second-order valence-electron chi connectivity index (χ2n) is 11.8. The molecule has 4 rings (SSSR count). The van der Waals surface area contributed by atoms with Crippen LogP contribution in [0.3, 0.4) is 0 Å². The molecule has 1 saturated carbocycles. The number of primary amides is 1. The maximum Gasteiger partial charge on any atom is 0.404 e. The van der Waals surface area contributed by atoms with Gasteiger partial charge in [-0.3, -0.25) is 14.7 Å². The summed E-state index contributed by atoms with van der Waals surface area (Å²) in [7, 11) is -3.42. The van der Waals surface area contributed by atoms with Crippen LogP contribution in [-0.2, 0) is 21.1 Å². The van der Waals surface area contributed by atoms with Gasteiger partial charge in [-0.05, 0) is 66.8 Å². The average Bonchev–Trinajstić information content (AvgIpc) is 3.32. The lowest BCUT2D eigenvalue weighted by Gasteiger charge is -2.35. The Morgan fingerprint density at radius 2 is 1.79 bits per heavy atom. The summed E-state index contributed by atoms with van der Waals surface area (Å²) in [5, 5.41) is 2.83. The molecular weight excluding hydrogens is 585 g/mol. The quantitative estimate of drug-likeness (QED) is 0.366. The number of carbonyl (C=O) groups is 2. The van der Waals surface area contributed by atoms with Gasteiger partial charge in [-0.15, -0.1) is 0 Å². The smallest absolute Gasteiger partial charge is 0.404 e. The first kappa shape index (κ1) is 32.7. The first-order chi connectivity index (χ1) is 20.2. The number of pyridine rings is 1. The zero-order chi connectivity index (χ0) is 31.5. The summed E-state index contributed by atoms with van der Waals surface area (Å²) in [5.74, 6) is -1.38. The Hall–Kier alpha value is -3.19. The van der Waals surface area contributed by atoms with E-state index >= 15 is 0 Å². The Labute approximate surface area is 250 Å². The van der Waals surface area contributed by atoms with E-state index in [-0.39, 0.29) is 48.0 Å². The third-order valence-corrected chi connectivity index (χ3v) is 10.2. The van der Waals surface area contributed by atoms with E-state index in [0.717, 1.165) is 11.3 Å². The number of aromatic nitrogens is 1. The number of ether oxygens (including phenoxy) is 1. The van der Waals surface area contributed by atoms with Gasteiger partial charge in [-0.1, -0.05) is 32.9 Å². The predicted octanol–water partition coefficient (Wildman–Crippen LogP) is 5.32. The van der Waals surface area contributed by atoms with Gasteiger partial charge in [0.15, 0.2) is 9.84 Å². The van der Waals surface area contributed by atoms with Gasteiger partial charge in [-0.25, -0.2) is 13.2 Å². The van der Waals surface area contributed by atoms with E-state index in [0.29, 0.717) is 37.1 Å². The molecule has 1 aliphatic carbocycles. The molecule has 2 atom stereocenters. The minimum absolute atomic E-state index is 0.0120. The highest BCUT2D eigenvalue weighted by atomic mass is 32.2. The molecule has 1 aliphatic heterocycles. The van der Waals surface area contributed by atoms with Gasteiger partial charge in [0.2, 0.25) is 0 Å². The molecule has 0 bridgehead atoms. The second kappa shape index (κ2) is 13.2. The molecule has 1 fully saturated rings. The maximum atomic E-state index is 13.3. The molecule has 2 amide bonds. The number of hydrogen-bond donors (Lipinski definition) is 2. The standard InChI is InChI=1S/C30H39F3N4O5S/c1-4-43(40,41)24-11-7-20(8-12-24)25(17-42-29(34)39)36-28(38)21-13-22-16-37(27(18(2)3)26(22)35-14-21)15-19-5-9-23(10-6-19)30(31,32)33/h7-8,11-14,18-19,23,25,27H,4-6,9-10,15-17H2,1-3H3,(H2,34,39)(H,36,38)/t19-,23-,25-,27-/m0/s1. The van der Waals surface area contributed by atoms with Crippen LogP contribution in [0.15, 0.2) is 41.4 Å². The number of sulfone groups is 1. The van der Waals surface area contributed by atoms with E-state index < -0.39 is 40.0 Å². The average molecular weight is 625 g/mol. The first-order valence-corrected chi connectivity index (χ1v) is 16.2. The van der Waals surface area contributed by atoms with Gasteiger partial charge in [-0.2, -0.15) is 13.2 Å². The number of amides is 2. The lowest BCUT2D eigenvalue weighted by Crippen LogP contribution is -2.35. The van der Waals surface area contributed by atoms with Crippen LogP contribution in [0.2, 0.25) is 0 Å². The van der Waals surface area contributed by atoms with Crippen molar-refractivity contribution in [2.45, 2.75) is 76.2 Å². The number of hydrogen-bond acceptors (Lipinski definition) is 7. The zero-order valence-corrected chi connectivity index (χ0v) is 25.4. The maximum absolute atomic E-state index is 13.3. The summed E-state index contributed by atoms with van der Waals surface area (Å²) in [4.78, 5) is 31.7. The number of rotatable bonds is 10. The molecule has 9 nitrogen and oxygen atoms in total. The molecule has 0 radical (unpaired) electrons. The Morgan fingerprint density at radius 3 is 2.35 bits per heavy atom. The summed E-state index contributed by atoms with van der Waals surface area (Å²) in [5.41, 5.74) is 7.70. The van der Waals surface area contributed by atoms with Crippen LogP contribution in [0.1, 0.15) is 85.7 Å². The molecule has 0 saturated heterocycles. The van der Waals surface area contributed by atoms with Crippen LogP contribution in [0.25, 0.3) is 0 Å². The highest BCUT2D eigenvalue weighted by Gasteiger charge is 2.42. The molecule has 3 N–H and O–H groups in total. The lowest BCUT2D eigenvalue weighted by atomic mass is 9.81. The van der Waals surface area contributed by atoms with E-state index in [4.69, 9.17) is 10.5 Å². The van der Waals surface area contributed by atoms with Gasteiger partial charge in [0.1, 0.15) is 6.61 Å². The number of fused-ring (bicyclic) bond motifs is 1. The number of alkyl halides is 3. The molecule has 2 aromatic rings. The van der Waals surface area contributed by atoms with Gasteiger partial charge in [0.25, 0.3) is 5.91 Å². The molecule has 1 aromatic heterocycles. The zero-order valence-electron chi connectivity index (χ0n) is 24.6. The largest absolute Gasteiger partial charge is 0.447 e. The highest BCUT2D eigenvalue weighted by Crippen LogP contribution is 2.43. The summed E-state index contributed by atoms with van der Waals surface area (Å²) >= 11 is 0. The number of nitrogens with zero attached hydrogens (tertiary/aromatic N) is 2. The number of nitrogens with one attached hydrogen (secondary N) is 1. The molecule has 2 aliphatic rings. The van der Waals surface area contributed by atoms with Crippen LogP contribution >= 0.6 is 0 Å². The van der Waals surface area contributed by atoms with Crippen molar-refractivity contribution in [1.82, 2.24) is 15.2 Å². The second-order valence-corrected chi connectivity index (χ2v) is 14.1. The fraction of sp³-hybridized carbons (Fsp3) is 0.567. The van der Waals surface area contributed by atoms with Gasteiger partial charge < -0.3 is 15.8 Å². The van der Waals surface area contributed by atoms with Crippen molar-refractivity contribution in [1.29, 1.82) is 0 Å². The summed E-state index contributed by atoms with van der Waals surface area (Å²) in [6, 6.07) is 6.92. The molecule has 2 heterocycles. The van der Waals surface area contributed by atoms with Crippen molar-refractivity contribution in [2.24, 2.45) is 23.5 Å². The minimum Gasteiger partial charge on any atom is -0.447 e. The topological polar surface area (TPSA) is 132 Å². The number of halogens is 3. The number of nitrogens with two attached hydrogens (primary N) is 1. The molecule has 0 unspecified atom stereocenters. The van der Waals surface area contributed by atoms with E-state index in [1.165, 1.54) is 18.3 Å². The number of carbonyl (C=O) groups excluding carboxylic acids is 2. The Kier molecular flexibility index (Phi) is 10.1. The third kappa shape index (κ3) is 7.86. The highest BCUT2D eigenvalue weighted by molar-refractivity contribution is 7.91. The fourth-order valence-corrected chi connectivity index (χ4v) is 7.03. The van der Waals surface area contributed by atoms with Crippen molar-refractivity contribution >= 4 is 21.8 Å². The molecule has 43 heavy (non-hydrogen) atoms. The summed E-state index contributed by atoms with van der Waals surface area (Å²) in [6.07, 6.45) is -2.30. The third-order valence-electron chi connectivity index (χ3n) is 8.46. The van der Waals surface area contributed by atoms with Crippen LogP contribution in [0.4, 0.5) is 18.0 Å². The first-order valence-electron chi connectivity index (χ1n) is 14.5. The van der Waals surface area contributed by atoms with Gasteiger partial charge >= 0.3 is 12.3 Å². The molecule has 0 spiro atoms. The van der Waals surface area contributed by atoms with Crippen molar-refractivity contribution in [3.8, 4) is 0 Å². The lowest BCUT2D eigenvalue weighted by molar-refractivity contribution is -0.184. The van der Waals surface area contributed by atoms with Crippen LogP contribution in [-0.4, -0.2) is 55.4 Å². The monoisotopic (exact) mass is 624 g/mol. The molecule has 236 valence electrons. The summed E-state index contributed by atoms with van der Waals surface area (Å²) < 4.78 is 68.8. The molecule has 13 heteroatoms. The van der Waals surface area contributed by atoms with Gasteiger partial charge in [0.05, 0.1) is 39.9 Å². The molecule has 1 aromatic carbocycles. The van der Waals surface area contributed by atoms with Crippen molar-refractivity contribution in [2.75, 3.05) is 18.9 Å². The summed E-state index contributed by atoms with van der Waals surface area (Å²) in [6.45, 7) is 6.64. The van der Waals surface area contributed by atoms with E-state index in [9.17, 15) is 31.2 Å². The van der Waals surface area contributed by atoms with Crippen LogP contribution < -0.4 is 11.1 Å². The predicted molar refractivity (Wildman–Crippen MR) is 154 cm³/mol. The van der Waals surface area contributed by atoms with Crippen molar-refractivity contribution in [3.05, 3.63) is 58.9 Å². The van der Waals surface area contributed by atoms with E-state index in [2.05, 4.69) is 29.0 Å². The van der Waals surface area contributed by atoms with Crippen LogP contribution in [0, 0.1) is 17.8 Å². The minimum atomic E-state index is -4.14. The number of benzene rings is 1. The molecular formula is C30H39F3N4O5S. The van der Waals surface area contributed by atoms with Gasteiger partial charge in [0, 0.05) is 19.3 Å². The SMILES string of the molecule is CCS(=O)(=O)c1ccc([C@H](COC(N)=O)NC(=O)c2cnc3c(c2)CN(C[C@H]2CC[C@H](C(F)(F)F)CC2)[C@H]3C(C)C)cc1.